The van der Waals surface area contributed by atoms with Crippen LogP contribution in [-0.4, -0.2) is 11.8 Å². The van der Waals surface area contributed by atoms with Crippen molar-refractivity contribution >= 4 is 56.4 Å². The van der Waals surface area contributed by atoms with Gasteiger partial charge in [-0.3, -0.25) is 9.59 Å². The SMILES string of the molecule is Cc1cc(N)c2cc(NC(=O)CCCCCC(=O)Nc3ccc4[nH+]c(C)cc(N)c4c3)ccc2[nH+]1. The summed E-state index contributed by atoms with van der Waals surface area (Å²) < 4.78 is 0. The highest BCUT2D eigenvalue weighted by molar-refractivity contribution is 5.97. The first-order valence-electron chi connectivity index (χ1n) is 11.8. The topological polar surface area (TPSA) is 139 Å². The van der Waals surface area contributed by atoms with Crippen LogP contribution in [0.1, 0.15) is 43.5 Å². The fourth-order valence-electron chi connectivity index (χ4n) is 4.25. The summed E-state index contributed by atoms with van der Waals surface area (Å²) in [6.07, 6.45) is 3.01. The van der Waals surface area contributed by atoms with E-state index in [1.54, 1.807) is 0 Å². The Balaban J connectivity index is 1.20. The first kappa shape index (κ1) is 23.9. The van der Waals surface area contributed by atoms with Crippen LogP contribution in [0, 0.1) is 13.8 Å². The Bertz CT molecular complexity index is 1310. The molecule has 8 N–H and O–H groups in total. The molecule has 0 saturated heterocycles. The van der Waals surface area contributed by atoms with Gasteiger partial charge in [0.25, 0.3) is 0 Å². The lowest BCUT2D eigenvalue weighted by molar-refractivity contribution is -0.355. The molecule has 0 radical (unpaired) electrons. The van der Waals surface area contributed by atoms with E-state index in [4.69, 9.17) is 11.5 Å². The van der Waals surface area contributed by atoms with Crippen molar-refractivity contribution in [1.29, 1.82) is 0 Å². The molecule has 0 fully saturated rings. The van der Waals surface area contributed by atoms with Gasteiger partial charge in [0.2, 0.25) is 22.8 Å². The zero-order chi connectivity index (χ0) is 24.9. The number of H-pyrrole nitrogens is 2. The van der Waals surface area contributed by atoms with Crippen LogP contribution in [0.4, 0.5) is 22.7 Å². The zero-order valence-corrected chi connectivity index (χ0v) is 20.1. The molecule has 0 saturated carbocycles. The predicted octanol–water partition coefficient (Wildman–Crippen LogP) is 3.93. The number of aryl methyl sites for hydroxylation is 2. The minimum Gasteiger partial charge on any atom is -0.398 e. The third kappa shape index (κ3) is 6.03. The smallest absolute Gasteiger partial charge is 0.224 e. The molecule has 0 atom stereocenters. The molecule has 0 unspecified atom stereocenters. The molecule has 2 amide bonds. The van der Waals surface area contributed by atoms with Gasteiger partial charge < -0.3 is 22.1 Å². The molecule has 4 rings (SSSR count). The van der Waals surface area contributed by atoms with Gasteiger partial charge in [-0.15, -0.1) is 0 Å². The van der Waals surface area contributed by atoms with Gasteiger partial charge in [-0.1, -0.05) is 6.42 Å². The normalized spacial score (nSPS) is 11.0. The first-order chi connectivity index (χ1) is 16.8. The number of amides is 2. The van der Waals surface area contributed by atoms with Crippen LogP contribution in [0.15, 0.2) is 48.5 Å². The van der Waals surface area contributed by atoms with Crippen LogP contribution in [0.3, 0.4) is 0 Å². The number of aromatic nitrogens is 2. The molecule has 35 heavy (non-hydrogen) atoms. The summed E-state index contributed by atoms with van der Waals surface area (Å²) in [5.41, 5.74) is 18.8. The van der Waals surface area contributed by atoms with E-state index >= 15 is 0 Å². The van der Waals surface area contributed by atoms with Gasteiger partial charge in [0.15, 0.2) is 11.4 Å². The lowest BCUT2D eigenvalue weighted by Gasteiger charge is -2.08. The molecule has 4 aromatic rings. The van der Waals surface area contributed by atoms with Crippen molar-refractivity contribution in [3.8, 4) is 0 Å². The summed E-state index contributed by atoms with van der Waals surface area (Å²) in [4.78, 5) is 31.2. The number of pyridine rings is 2. The highest BCUT2D eigenvalue weighted by atomic mass is 16.2. The summed E-state index contributed by atoms with van der Waals surface area (Å²) in [5, 5.41) is 7.61. The largest absolute Gasteiger partial charge is 0.398 e. The number of benzene rings is 2. The highest BCUT2D eigenvalue weighted by Crippen LogP contribution is 2.23. The Hall–Kier alpha value is -4.20. The summed E-state index contributed by atoms with van der Waals surface area (Å²) in [7, 11) is 0. The maximum Gasteiger partial charge on any atom is 0.224 e. The maximum atomic E-state index is 12.3. The summed E-state index contributed by atoms with van der Waals surface area (Å²) >= 11 is 0. The van der Waals surface area contributed by atoms with Crippen molar-refractivity contribution in [3.63, 3.8) is 0 Å². The number of hydrogen-bond acceptors (Lipinski definition) is 4. The predicted molar refractivity (Wildman–Crippen MR) is 140 cm³/mol. The molecule has 180 valence electrons. The molecule has 2 heterocycles. The molecule has 2 aromatic carbocycles. The van der Waals surface area contributed by atoms with Crippen LogP contribution >= 0.6 is 0 Å². The minimum absolute atomic E-state index is 0.0516. The number of anilines is 4. The fourth-order valence-corrected chi connectivity index (χ4v) is 4.25. The highest BCUT2D eigenvalue weighted by Gasteiger charge is 2.11. The number of fused-ring (bicyclic) bond motifs is 2. The van der Waals surface area contributed by atoms with E-state index in [9.17, 15) is 9.59 Å². The summed E-state index contributed by atoms with van der Waals surface area (Å²) in [6.45, 7) is 3.91. The van der Waals surface area contributed by atoms with E-state index in [0.29, 0.717) is 37.1 Å². The number of nitrogen functional groups attached to an aromatic ring is 2. The van der Waals surface area contributed by atoms with Gasteiger partial charge in [0, 0.05) is 62.3 Å². The van der Waals surface area contributed by atoms with E-state index < -0.39 is 0 Å². The van der Waals surface area contributed by atoms with E-state index in [-0.39, 0.29) is 11.8 Å². The van der Waals surface area contributed by atoms with Crippen molar-refractivity contribution in [2.75, 3.05) is 22.1 Å². The molecular formula is C27H32N6O2+2. The number of rotatable bonds is 8. The van der Waals surface area contributed by atoms with Crippen molar-refractivity contribution in [1.82, 2.24) is 0 Å². The standard InChI is InChI=1S/C27H30N6O2/c1-16-12-22(28)20-14-18(8-10-24(20)30-16)32-26(34)6-4-3-5-7-27(35)33-19-9-11-25-21(15-19)23(29)13-17(2)31-25/h8-15H,3-7H2,1-2H3,(H2,28,30)(H2,29,31)(H,32,34)(H,33,35)/p+2. The quantitative estimate of drug-likeness (QED) is 0.289. The summed E-state index contributed by atoms with van der Waals surface area (Å²) in [6, 6.07) is 15.0. The fraction of sp³-hybridized carbons (Fsp3) is 0.259. The monoisotopic (exact) mass is 472 g/mol. The molecule has 0 aliphatic carbocycles. The van der Waals surface area contributed by atoms with Crippen LogP contribution in [0.2, 0.25) is 0 Å². The average Bonchev–Trinajstić information content (AvgIpc) is 2.79. The Kier molecular flexibility index (Phi) is 7.10. The number of carbonyl (C=O) groups is 2. The Labute approximate surface area is 204 Å². The van der Waals surface area contributed by atoms with E-state index in [1.807, 2.05) is 62.4 Å². The summed E-state index contributed by atoms with van der Waals surface area (Å²) in [5.74, 6) is -0.103. The van der Waals surface area contributed by atoms with E-state index in [2.05, 4.69) is 20.6 Å². The third-order valence-electron chi connectivity index (χ3n) is 5.94. The molecule has 2 aromatic heterocycles. The Morgan fingerprint density at radius 3 is 1.54 bits per heavy atom. The van der Waals surface area contributed by atoms with Crippen LogP contribution < -0.4 is 32.1 Å². The first-order valence-corrected chi connectivity index (χ1v) is 11.8. The second-order valence-electron chi connectivity index (χ2n) is 8.99. The second-order valence-corrected chi connectivity index (χ2v) is 8.99. The molecular weight excluding hydrogens is 440 g/mol. The van der Waals surface area contributed by atoms with Gasteiger partial charge in [-0.2, -0.15) is 0 Å². The zero-order valence-electron chi connectivity index (χ0n) is 20.1. The average molecular weight is 473 g/mol. The van der Waals surface area contributed by atoms with Gasteiger partial charge in [-0.05, 0) is 37.1 Å². The van der Waals surface area contributed by atoms with E-state index in [1.165, 1.54) is 0 Å². The molecule has 0 aliphatic rings. The maximum absolute atomic E-state index is 12.3. The number of nitrogens with two attached hydrogens (primary N) is 2. The lowest BCUT2D eigenvalue weighted by Crippen LogP contribution is -2.14. The van der Waals surface area contributed by atoms with Crippen LogP contribution in [0.5, 0.6) is 0 Å². The molecule has 0 aliphatic heterocycles. The van der Waals surface area contributed by atoms with Gasteiger partial charge in [0.1, 0.15) is 0 Å². The molecule has 0 spiro atoms. The molecule has 8 heteroatoms. The van der Waals surface area contributed by atoms with Crippen molar-refractivity contribution in [2.45, 2.75) is 46.0 Å². The van der Waals surface area contributed by atoms with Crippen molar-refractivity contribution in [3.05, 3.63) is 59.9 Å². The number of aromatic amines is 2. The number of hydrogen-bond donors (Lipinski definition) is 4. The minimum atomic E-state index is -0.0516. The van der Waals surface area contributed by atoms with Crippen LogP contribution in [-0.2, 0) is 9.59 Å². The van der Waals surface area contributed by atoms with Crippen molar-refractivity contribution in [2.24, 2.45) is 0 Å². The Morgan fingerprint density at radius 2 is 1.11 bits per heavy atom. The molecule has 8 nitrogen and oxygen atoms in total. The van der Waals surface area contributed by atoms with Crippen molar-refractivity contribution < 1.29 is 19.6 Å². The lowest BCUT2D eigenvalue weighted by atomic mass is 10.1. The van der Waals surface area contributed by atoms with Gasteiger partial charge in [0.05, 0.1) is 22.1 Å². The third-order valence-corrected chi connectivity index (χ3v) is 5.94. The Morgan fingerprint density at radius 1 is 0.686 bits per heavy atom. The number of nitrogens with one attached hydrogen (secondary N) is 4. The number of unbranched alkanes of at least 4 members (excludes halogenated alkanes) is 2. The van der Waals surface area contributed by atoms with Gasteiger partial charge in [-0.25, -0.2) is 9.97 Å². The van der Waals surface area contributed by atoms with E-state index in [0.717, 1.165) is 51.0 Å². The molecule has 0 bridgehead atoms. The van der Waals surface area contributed by atoms with Crippen LogP contribution in [0.25, 0.3) is 21.8 Å². The second kappa shape index (κ2) is 10.4. The van der Waals surface area contributed by atoms with Gasteiger partial charge >= 0.3 is 0 Å². The number of carbonyl (C=O) groups excluding carboxylic acids is 2.